The Kier molecular flexibility index (Phi) is 4.18. The zero-order valence-corrected chi connectivity index (χ0v) is 14.8. The van der Waals surface area contributed by atoms with Gasteiger partial charge in [0.15, 0.2) is 0 Å². The van der Waals surface area contributed by atoms with Crippen LogP contribution < -0.4 is 4.90 Å². The highest BCUT2D eigenvalue weighted by molar-refractivity contribution is 6.30. The summed E-state index contributed by atoms with van der Waals surface area (Å²) >= 11 is 6.04. The quantitative estimate of drug-likeness (QED) is 0.606. The zero-order chi connectivity index (χ0) is 18.3. The van der Waals surface area contributed by atoms with E-state index in [-0.39, 0.29) is 5.57 Å². The first kappa shape index (κ1) is 16.7. The van der Waals surface area contributed by atoms with E-state index in [1.54, 1.807) is 6.07 Å². The van der Waals surface area contributed by atoms with Gasteiger partial charge in [-0.05, 0) is 66.4 Å². The van der Waals surface area contributed by atoms with Crippen LogP contribution in [0.5, 0.6) is 0 Å². The van der Waals surface area contributed by atoms with Crippen LogP contribution in [0.3, 0.4) is 0 Å². The molecule has 0 saturated heterocycles. The third-order valence-corrected chi connectivity index (χ3v) is 5.54. The maximum atomic E-state index is 11.1. The average molecular weight is 365 g/mol. The molecule has 1 heterocycles. The molecular formula is C21H17ClN2O2. The molecule has 0 amide bonds. The van der Waals surface area contributed by atoms with Crippen molar-refractivity contribution in [1.82, 2.24) is 0 Å². The normalized spacial score (nSPS) is 21.2. The fraction of sp³-hybridized carbons (Fsp3) is 0.238. The predicted molar refractivity (Wildman–Crippen MR) is 102 cm³/mol. The van der Waals surface area contributed by atoms with E-state index in [0.29, 0.717) is 17.0 Å². The van der Waals surface area contributed by atoms with Gasteiger partial charge in [-0.3, -0.25) is 0 Å². The van der Waals surface area contributed by atoms with Gasteiger partial charge in [0, 0.05) is 28.4 Å². The Morgan fingerprint density at radius 2 is 2.00 bits per heavy atom. The van der Waals surface area contributed by atoms with Crippen molar-refractivity contribution in [2.75, 3.05) is 4.90 Å². The Labute approximate surface area is 156 Å². The topological polar surface area (TPSA) is 64.3 Å². The molecule has 1 fully saturated rings. The summed E-state index contributed by atoms with van der Waals surface area (Å²) in [6, 6.07) is 16.0. The molecule has 2 aromatic rings. The molecule has 0 spiro atoms. The molecule has 4 nitrogen and oxygen atoms in total. The lowest BCUT2D eigenvalue weighted by Crippen LogP contribution is -2.26. The minimum atomic E-state index is -1.20. The number of fused-ring (bicyclic) bond motifs is 3. The van der Waals surface area contributed by atoms with E-state index in [0.717, 1.165) is 29.8 Å². The van der Waals surface area contributed by atoms with Crippen molar-refractivity contribution in [1.29, 1.82) is 5.26 Å². The molecule has 0 radical (unpaired) electrons. The summed E-state index contributed by atoms with van der Waals surface area (Å²) in [5.41, 5.74) is 4.02. The number of benzene rings is 2. The summed E-state index contributed by atoms with van der Waals surface area (Å²) in [7, 11) is 0. The van der Waals surface area contributed by atoms with Crippen LogP contribution in [-0.4, -0.2) is 17.1 Å². The predicted octanol–water partition coefficient (Wildman–Crippen LogP) is 5.12. The maximum Gasteiger partial charge on any atom is 0.346 e. The molecule has 0 bridgehead atoms. The Morgan fingerprint density at radius 3 is 2.69 bits per heavy atom. The van der Waals surface area contributed by atoms with Crippen LogP contribution in [-0.2, 0) is 4.79 Å². The van der Waals surface area contributed by atoms with E-state index in [1.165, 1.54) is 18.1 Å². The van der Waals surface area contributed by atoms with Crippen molar-refractivity contribution in [3.05, 3.63) is 64.2 Å². The highest BCUT2D eigenvalue weighted by Gasteiger charge is 2.42. The second kappa shape index (κ2) is 6.51. The van der Waals surface area contributed by atoms with E-state index < -0.39 is 5.97 Å². The van der Waals surface area contributed by atoms with E-state index in [1.807, 2.05) is 42.5 Å². The number of nitrogens with zero attached hydrogens (tertiary/aromatic N) is 2. The van der Waals surface area contributed by atoms with Gasteiger partial charge in [0.1, 0.15) is 11.6 Å². The largest absolute Gasteiger partial charge is 0.477 e. The fourth-order valence-corrected chi connectivity index (χ4v) is 4.34. The second-order valence-corrected chi connectivity index (χ2v) is 7.18. The Balaban J connectivity index is 1.78. The van der Waals surface area contributed by atoms with Gasteiger partial charge in [0.05, 0.1) is 0 Å². The smallest absolute Gasteiger partial charge is 0.346 e. The van der Waals surface area contributed by atoms with Crippen molar-refractivity contribution in [3.8, 4) is 6.07 Å². The van der Waals surface area contributed by atoms with Crippen LogP contribution in [0.4, 0.5) is 11.4 Å². The van der Waals surface area contributed by atoms with Gasteiger partial charge in [-0.15, -0.1) is 0 Å². The Morgan fingerprint density at radius 1 is 1.23 bits per heavy atom. The Bertz CT molecular complexity index is 943. The van der Waals surface area contributed by atoms with Gasteiger partial charge in [0.25, 0.3) is 0 Å². The number of nitriles is 1. The summed E-state index contributed by atoms with van der Waals surface area (Å²) in [6.45, 7) is 0. The van der Waals surface area contributed by atoms with Crippen LogP contribution >= 0.6 is 11.6 Å². The molecule has 2 aliphatic rings. The van der Waals surface area contributed by atoms with E-state index >= 15 is 0 Å². The van der Waals surface area contributed by atoms with Crippen molar-refractivity contribution >= 4 is 35.0 Å². The SMILES string of the molecule is N#C/C(=C/c1ccc2c(c1)C1CCCC1N2c1ccc(Cl)cc1)C(=O)O. The highest BCUT2D eigenvalue weighted by atomic mass is 35.5. The number of aliphatic carboxylic acids is 1. The van der Waals surface area contributed by atoms with E-state index in [2.05, 4.69) is 4.90 Å². The molecule has 1 aliphatic heterocycles. The number of carboxylic acid groups (broad SMARTS) is 1. The molecule has 0 aromatic heterocycles. The lowest BCUT2D eigenvalue weighted by Gasteiger charge is -2.27. The molecule has 1 N–H and O–H groups in total. The minimum Gasteiger partial charge on any atom is -0.477 e. The first-order valence-corrected chi connectivity index (χ1v) is 9.00. The molecule has 1 aliphatic carbocycles. The summed E-state index contributed by atoms with van der Waals surface area (Å²) in [6.07, 6.45) is 4.87. The number of anilines is 2. The fourth-order valence-electron chi connectivity index (χ4n) is 4.21. The van der Waals surface area contributed by atoms with Crippen molar-refractivity contribution in [3.63, 3.8) is 0 Å². The van der Waals surface area contributed by atoms with Crippen molar-refractivity contribution in [2.45, 2.75) is 31.2 Å². The molecule has 130 valence electrons. The van der Waals surface area contributed by atoms with E-state index in [9.17, 15) is 4.79 Å². The van der Waals surface area contributed by atoms with E-state index in [4.69, 9.17) is 22.0 Å². The van der Waals surface area contributed by atoms with Crippen molar-refractivity contribution in [2.24, 2.45) is 0 Å². The molecule has 2 unspecified atom stereocenters. The van der Waals surface area contributed by atoms with Crippen LogP contribution in [0.15, 0.2) is 48.0 Å². The molecular weight excluding hydrogens is 348 g/mol. The summed E-state index contributed by atoms with van der Waals surface area (Å²) in [5.74, 6) is -0.765. The number of carboxylic acids is 1. The monoisotopic (exact) mass is 364 g/mol. The average Bonchev–Trinajstić information content (AvgIpc) is 3.21. The lowest BCUT2D eigenvalue weighted by molar-refractivity contribution is -0.132. The third kappa shape index (κ3) is 2.75. The molecule has 4 rings (SSSR count). The number of hydrogen-bond acceptors (Lipinski definition) is 3. The van der Waals surface area contributed by atoms with Gasteiger partial charge in [-0.25, -0.2) is 4.79 Å². The number of halogens is 1. The minimum absolute atomic E-state index is 0.250. The van der Waals surface area contributed by atoms with Gasteiger partial charge in [0.2, 0.25) is 0 Å². The summed E-state index contributed by atoms with van der Waals surface area (Å²) in [4.78, 5) is 13.5. The van der Waals surface area contributed by atoms with Gasteiger partial charge in [-0.1, -0.05) is 24.1 Å². The number of rotatable bonds is 3. The third-order valence-electron chi connectivity index (χ3n) is 5.29. The second-order valence-electron chi connectivity index (χ2n) is 6.74. The number of carbonyl (C=O) groups is 1. The molecule has 2 atom stereocenters. The van der Waals surface area contributed by atoms with Gasteiger partial charge >= 0.3 is 5.97 Å². The first-order valence-electron chi connectivity index (χ1n) is 8.62. The molecule has 1 saturated carbocycles. The lowest BCUT2D eigenvalue weighted by atomic mass is 9.95. The molecule has 2 aromatic carbocycles. The zero-order valence-electron chi connectivity index (χ0n) is 14.0. The highest BCUT2D eigenvalue weighted by Crippen LogP contribution is 2.52. The van der Waals surface area contributed by atoms with Gasteiger partial charge < -0.3 is 10.0 Å². The Hall–Kier alpha value is -2.77. The van der Waals surface area contributed by atoms with Crippen molar-refractivity contribution < 1.29 is 9.90 Å². The van der Waals surface area contributed by atoms with Crippen LogP contribution in [0, 0.1) is 11.3 Å². The number of hydrogen-bond donors (Lipinski definition) is 1. The summed E-state index contributed by atoms with van der Waals surface area (Å²) < 4.78 is 0. The standard InChI is InChI=1S/C21H17ClN2O2/c22-15-5-7-16(8-6-15)24-19-3-1-2-17(19)18-11-13(4-9-20(18)24)10-14(12-23)21(25)26/h4-11,17,19H,1-3H2,(H,25,26)/b14-10-. The summed E-state index contributed by atoms with van der Waals surface area (Å²) in [5, 5.41) is 18.8. The maximum absolute atomic E-state index is 11.1. The van der Waals surface area contributed by atoms with Crippen LogP contribution in [0.1, 0.15) is 36.3 Å². The molecule has 5 heteroatoms. The van der Waals surface area contributed by atoms with Crippen LogP contribution in [0.2, 0.25) is 5.02 Å². The molecule has 26 heavy (non-hydrogen) atoms. The van der Waals surface area contributed by atoms with Gasteiger partial charge in [-0.2, -0.15) is 5.26 Å². The first-order chi connectivity index (χ1) is 12.6. The van der Waals surface area contributed by atoms with Crippen LogP contribution in [0.25, 0.3) is 6.08 Å².